The van der Waals surface area contributed by atoms with Gasteiger partial charge in [0.25, 0.3) is 0 Å². The van der Waals surface area contributed by atoms with Gasteiger partial charge >= 0.3 is 0 Å². The Morgan fingerprint density at radius 1 is 1.50 bits per heavy atom. The summed E-state index contributed by atoms with van der Waals surface area (Å²) in [6.07, 6.45) is 6.20. The first kappa shape index (κ1) is 10.4. The van der Waals surface area contributed by atoms with Crippen molar-refractivity contribution in [1.82, 2.24) is 4.98 Å². The molecule has 2 unspecified atom stereocenters. The number of rotatable bonds is 2. The number of alkyl halides is 1. The minimum Gasteiger partial charge on any atom is -0.247 e. The Labute approximate surface area is 94.5 Å². The van der Waals surface area contributed by atoms with Crippen LogP contribution < -0.4 is 0 Å². The molecule has 0 saturated heterocycles. The van der Waals surface area contributed by atoms with Gasteiger partial charge in [-0.15, -0.1) is 22.9 Å². The molecule has 0 radical (unpaired) electrons. The molecule has 1 aromatic rings. The fraction of sp³-hybridized carbons (Fsp3) is 0.727. The largest absolute Gasteiger partial charge is 0.247 e. The summed E-state index contributed by atoms with van der Waals surface area (Å²) in [6, 6.07) is 0. The predicted molar refractivity (Wildman–Crippen MR) is 62.2 cm³/mol. The standard InChI is InChI=1S/C11H16ClNS/c1-8-13-10(7-14-8)6-9-4-2-3-5-11(9)12/h7,9,11H,2-6H2,1H3. The van der Waals surface area contributed by atoms with E-state index in [-0.39, 0.29) is 0 Å². The smallest absolute Gasteiger partial charge is 0.0897 e. The molecule has 0 bridgehead atoms. The van der Waals surface area contributed by atoms with Crippen LogP contribution in [0.2, 0.25) is 0 Å². The summed E-state index contributed by atoms with van der Waals surface area (Å²) in [7, 11) is 0. The molecule has 1 fully saturated rings. The van der Waals surface area contributed by atoms with Crippen molar-refractivity contribution < 1.29 is 0 Å². The topological polar surface area (TPSA) is 12.9 Å². The second-order valence-corrected chi connectivity index (χ2v) is 5.75. The lowest BCUT2D eigenvalue weighted by atomic mass is 9.86. The van der Waals surface area contributed by atoms with E-state index in [0.29, 0.717) is 11.3 Å². The zero-order chi connectivity index (χ0) is 9.97. The summed E-state index contributed by atoms with van der Waals surface area (Å²) >= 11 is 8.06. The lowest BCUT2D eigenvalue weighted by Gasteiger charge is -2.26. The molecule has 1 saturated carbocycles. The maximum Gasteiger partial charge on any atom is 0.0897 e. The fourth-order valence-electron chi connectivity index (χ4n) is 2.16. The molecule has 0 aliphatic heterocycles. The quantitative estimate of drug-likeness (QED) is 0.704. The van der Waals surface area contributed by atoms with Crippen LogP contribution in [0.5, 0.6) is 0 Å². The number of halogens is 1. The second kappa shape index (κ2) is 4.63. The second-order valence-electron chi connectivity index (χ2n) is 4.12. The molecule has 0 N–H and O–H groups in total. The third-order valence-electron chi connectivity index (χ3n) is 2.95. The van der Waals surface area contributed by atoms with Crippen LogP contribution in [-0.4, -0.2) is 10.4 Å². The lowest BCUT2D eigenvalue weighted by molar-refractivity contribution is 0.361. The monoisotopic (exact) mass is 229 g/mol. The van der Waals surface area contributed by atoms with Crippen molar-refractivity contribution >= 4 is 22.9 Å². The molecule has 1 heterocycles. The zero-order valence-electron chi connectivity index (χ0n) is 8.50. The first-order chi connectivity index (χ1) is 6.75. The fourth-order valence-corrected chi connectivity index (χ4v) is 3.16. The third kappa shape index (κ3) is 2.48. The van der Waals surface area contributed by atoms with Gasteiger partial charge in [0.2, 0.25) is 0 Å². The summed E-state index contributed by atoms with van der Waals surface area (Å²) in [4.78, 5) is 4.50. The average molecular weight is 230 g/mol. The Morgan fingerprint density at radius 2 is 2.29 bits per heavy atom. The molecule has 14 heavy (non-hydrogen) atoms. The van der Waals surface area contributed by atoms with E-state index in [4.69, 9.17) is 11.6 Å². The number of nitrogens with zero attached hydrogens (tertiary/aromatic N) is 1. The predicted octanol–water partition coefficient (Wildman–Crippen LogP) is 3.79. The molecule has 1 aliphatic rings. The normalized spacial score (nSPS) is 27.9. The van der Waals surface area contributed by atoms with Crippen LogP contribution >= 0.6 is 22.9 Å². The van der Waals surface area contributed by atoms with Crippen molar-refractivity contribution in [1.29, 1.82) is 0 Å². The molecule has 2 rings (SSSR count). The molecule has 1 aromatic heterocycles. The Hall–Kier alpha value is -0.0800. The molecular weight excluding hydrogens is 214 g/mol. The van der Waals surface area contributed by atoms with E-state index in [9.17, 15) is 0 Å². The summed E-state index contributed by atoms with van der Waals surface area (Å²) in [5.41, 5.74) is 1.24. The number of hydrogen-bond donors (Lipinski definition) is 0. The van der Waals surface area contributed by atoms with Crippen LogP contribution in [0.1, 0.15) is 36.4 Å². The van der Waals surface area contributed by atoms with Crippen molar-refractivity contribution in [2.45, 2.75) is 44.4 Å². The minimum absolute atomic E-state index is 0.380. The van der Waals surface area contributed by atoms with Gasteiger partial charge in [-0.2, -0.15) is 0 Å². The van der Waals surface area contributed by atoms with E-state index in [1.807, 2.05) is 0 Å². The van der Waals surface area contributed by atoms with Crippen LogP contribution in [-0.2, 0) is 6.42 Å². The minimum atomic E-state index is 0.380. The lowest BCUT2D eigenvalue weighted by Crippen LogP contribution is -2.21. The number of aromatic nitrogens is 1. The van der Waals surface area contributed by atoms with Gasteiger partial charge in [0.1, 0.15) is 0 Å². The van der Waals surface area contributed by atoms with Gasteiger partial charge in [0.05, 0.1) is 10.7 Å². The molecule has 1 aliphatic carbocycles. The number of aryl methyl sites for hydroxylation is 1. The molecule has 3 heteroatoms. The van der Waals surface area contributed by atoms with E-state index >= 15 is 0 Å². The van der Waals surface area contributed by atoms with Gasteiger partial charge < -0.3 is 0 Å². The van der Waals surface area contributed by atoms with Crippen LogP contribution in [0.25, 0.3) is 0 Å². The summed E-state index contributed by atoms with van der Waals surface area (Å²) in [6.45, 7) is 2.06. The van der Waals surface area contributed by atoms with E-state index in [2.05, 4.69) is 17.3 Å². The van der Waals surface area contributed by atoms with Crippen LogP contribution in [0, 0.1) is 12.8 Å². The van der Waals surface area contributed by atoms with Crippen molar-refractivity contribution in [3.05, 3.63) is 16.1 Å². The van der Waals surface area contributed by atoms with Crippen molar-refractivity contribution in [2.75, 3.05) is 0 Å². The molecule has 0 amide bonds. The Balaban J connectivity index is 1.95. The first-order valence-electron chi connectivity index (χ1n) is 5.31. The molecule has 0 spiro atoms. The summed E-state index contributed by atoms with van der Waals surface area (Å²) < 4.78 is 0. The molecule has 78 valence electrons. The first-order valence-corrected chi connectivity index (χ1v) is 6.62. The van der Waals surface area contributed by atoms with Crippen LogP contribution in [0.15, 0.2) is 5.38 Å². The van der Waals surface area contributed by atoms with Gasteiger partial charge in [-0.05, 0) is 32.1 Å². The highest BCUT2D eigenvalue weighted by Gasteiger charge is 2.23. The molecule has 2 atom stereocenters. The highest BCUT2D eigenvalue weighted by molar-refractivity contribution is 7.09. The van der Waals surface area contributed by atoms with Crippen molar-refractivity contribution in [2.24, 2.45) is 5.92 Å². The van der Waals surface area contributed by atoms with E-state index in [0.717, 1.165) is 6.42 Å². The van der Waals surface area contributed by atoms with Crippen LogP contribution in [0.3, 0.4) is 0 Å². The summed E-state index contributed by atoms with van der Waals surface area (Å²) in [5.74, 6) is 0.659. The van der Waals surface area contributed by atoms with Crippen LogP contribution in [0.4, 0.5) is 0 Å². The summed E-state index contributed by atoms with van der Waals surface area (Å²) in [5, 5.41) is 3.72. The van der Waals surface area contributed by atoms with Gasteiger partial charge in [0.15, 0.2) is 0 Å². The maximum atomic E-state index is 6.31. The number of thiazole rings is 1. The van der Waals surface area contributed by atoms with Gasteiger partial charge in [-0.1, -0.05) is 12.8 Å². The van der Waals surface area contributed by atoms with Crippen molar-refractivity contribution in [3.63, 3.8) is 0 Å². The maximum absolute atomic E-state index is 6.31. The van der Waals surface area contributed by atoms with Gasteiger partial charge in [-0.3, -0.25) is 0 Å². The average Bonchev–Trinajstić information content (AvgIpc) is 2.56. The molecule has 0 aromatic carbocycles. The van der Waals surface area contributed by atoms with Gasteiger partial charge in [-0.25, -0.2) is 4.98 Å². The van der Waals surface area contributed by atoms with E-state index in [1.165, 1.54) is 36.4 Å². The van der Waals surface area contributed by atoms with Gasteiger partial charge in [0, 0.05) is 10.8 Å². The Bertz CT molecular complexity index is 297. The third-order valence-corrected chi connectivity index (χ3v) is 4.35. The zero-order valence-corrected chi connectivity index (χ0v) is 10.1. The number of hydrogen-bond acceptors (Lipinski definition) is 2. The Morgan fingerprint density at radius 3 is 2.93 bits per heavy atom. The van der Waals surface area contributed by atoms with E-state index < -0.39 is 0 Å². The Kier molecular flexibility index (Phi) is 3.45. The highest BCUT2D eigenvalue weighted by Crippen LogP contribution is 2.31. The SMILES string of the molecule is Cc1nc(CC2CCCCC2Cl)cs1. The van der Waals surface area contributed by atoms with Crippen molar-refractivity contribution in [3.8, 4) is 0 Å². The highest BCUT2D eigenvalue weighted by atomic mass is 35.5. The van der Waals surface area contributed by atoms with E-state index in [1.54, 1.807) is 11.3 Å². The molecular formula is C11H16ClNS. The molecule has 1 nitrogen and oxygen atoms in total.